The molecule has 0 heterocycles. The molecule has 1 aromatic rings. The van der Waals surface area contributed by atoms with Gasteiger partial charge in [-0.2, -0.15) is 0 Å². The lowest BCUT2D eigenvalue weighted by Crippen LogP contribution is -2.11. The molecule has 1 N–H and O–H groups in total. The summed E-state index contributed by atoms with van der Waals surface area (Å²) in [6, 6.07) is 7.60. The Bertz CT molecular complexity index is 202. The molecular formula is C6H6BBrO. The van der Waals surface area contributed by atoms with Crippen LogP contribution in [0, 0.1) is 0 Å². The predicted octanol–water partition coefficient (Wildman–Crippen LogP) is 0.418. The largest absolute Gasteiger partial charge is 0.449 e. The van der Waals surface area contributed by atoms with E-state index in [0.717, 1.165) is 9.94 Å². The molecule has 0 fully saturated rings. The molecule has 46 valence electrons. The first-order valence-electron chi connectivity index (χ1n) is 2.68. The van der Waals surface area contributed by atoms with Gasteiger partial charge >= 0.3 is 7.48 Å². The van der Waals surface area contributed by atoms with Crippen molar-refractivity contribution in [3.8, 4) is 0 Å². The van der Waals surface area contributed by atoms with Gasteiger partial charge in [-0.25, -0.2) is 0 Å². The minimum absolute atomic E-state index is 0.111. The molecule has 0 aliphatic rings. The van der Waals surface area contributed by atoms with Gasteiger partial charge in [0.15, 0.2) is 0 Å². The lowest BCUT2D eigenvalue weighted by atomic mass is 9.89. The fourth-order valence-corrected chi connectivity index (χ4v) is 1.08. The maximum Gasteiger partial charge on any atom is 0.304 e. The lowest BCUT2D eigenvalue weighted by molar-refractivity contribution is 0.615. The molecule has 0 radical (unpaired) electrons. The Labute approximate surface area is 63.1 Å². The Balaban J connectivity index is 2.94. The zero-order chi connectivity index (χ0) is 6.69. The summed E-state index contributed by atoms with van der Waals surface area (Å²) >= 11 is 3.29. The van der Waals surface area contributed by atoms with Crippen molar-refractivity contribution in [1.82, 2.24) is 0 Å². The molecule has 1 nitrogen and oxygen atoms in total. The van der Waals surface area contributed by atoms with Crippen molar-refractivity contribution in [3.05, 3.63) is 28.7 Å². The second-order valence-corrected chi connectivity index (χ2v) is 2.70. The van der Waals surface area contributed by atoms with Crippen LogP contribution in [0.3, 0.4) is 0 Å². The number of halogens is 1. The van der Waals surface area contributed by atoms with Gasteiger partial charge in [0.2, 0.25) is 0 Å². The summed E-state index contributed by atoms with van der Waals surface area (Å²) in [6.45, 7) is 0. The van der Waals surface area contributed by atoms with E-state index >= 15 is 0 Å². The molecule has 0 aliphatic carbocycles. The molecule has 0 aliphatic heterocycles. The van der Waals surface area contributed by atoms with Crippen molar-refractivity contribution in [2.24, 2.45) is 0 Å². The Hall–Kier alpha value is -0.275. The quantitative estimate of drug-likeness (QED) is 0.628. The van der Waals surface area contributed by atoms with Crippen LogP contribution in [-0.2, 0) is 0 Å². The van der Waals surface area contributed by atoms with Crippen LogP contribution in [0.5, 0.6) is 0 Å². The minimum Gasteiger partial charge on any atom is -0.449 e. The first kappa shape index (κ1) is 6.84. The van der Waals surface area contributed by atoms with Crippen LogP contribution in [0.4, 0.5) is 0 Å². The summed E-state index contributed by atoms with van der Waals surface area (Å²) in [7, 11) is 0.111. The third-order valence-electron chi connectivity index (χ3n) is 1.07. The van der Waals surface area contributed by atoms with Crippen molar-refractivity contribution < 1.29 is 5.02 Å². The van der Waals surface area contributed by atoms with Gasteiger partial charge in [0.1, 0.15) is 0 Å². The molecule has 1 rings (SSSR count). The highest BCUT2D eigenvalue weighted by molar-refractivity contribution is 9.10. The van der Waals surface area contributed by atoms with Gasteiger partial charge in [-0.1, -0.05) is 39.6 Å². The summed E-state index contributed by atoms with van der Waals surface area (Å²) in [6.07, 6.45) is 0. The van der Waals surface area contributed by atoms with Crippen LogP contribution < -0.4 is 5.46 Å². The van der Waals surface area contributed by atoms with Gasteiger partial charge in [0.25, 0.3) is 0 Å². The molecular weight excluding hydrogens is 179 g/mol. The molecule has 9 heavy (non-hydrogen) atoms. The number of benzene rings is 1. The van der Waals surface area contributed by atoms with Gasteiger partial charge in [-0.05, 0) is 6.07 Å². The van der Waals surface area contributed by atoms with E-state index in [4.69, 9.17) is 5.02 Å². The van der Waals surface area contributed by atoms with Gasteiger partial charge in [-0.3, -0.25) is 0 Å². The van der Waals surface area contributed by atoms with Crippen LogP contribution in [0.1, 0.15) is 0 Å². The predicted molar refractivity (Wildman–Crippen MR) is 43.1 cm³/mol. The minimum atomic E-state index is 0.111. The second-order valence-electron chi connectivity index (χ2n) is 1.79. The molecule has 0 saturated heterocycles. The van der Waals surface area contributed by atoms with Crippen molar-refractivity contribution >= 4 is 28.9 Å². The monoisotopic (exact) mass is 184 g/mol. The molecule has 0 spiro atoms. The van der Waals surface area contributed by atoms with Crippen LogP contribution in [-0.4, -0.2) is 12.5 Å². The molecule has 0 atom stereocenters. The van der Waals surface area contributed by atoms with Crippen molar-refractivity contribution in [2.45, 2.75) is 0 Å². The maximum absolute atomic E-state index is 8.64. The zero-order valence-corrected chi connectivity index (χ0v) is 6.43. The normalized spacial score (nSPS) is 9.11. The number of hydrogen-bond acceptors (Lipinski definition) is 1. The molecule has 0 aromatic heterocycles. The fourth-order valence-electron chi connectivity index (χ4n) is 0.635. The van der Waals surface area contributed by atoms with Crippen LogP contribution >= 0.6 is 15.9 Å². The van der Waals surface area contributed by atoms with E-state index in [9.17, 15) is 0 Å². The Kier molecular flexibility index (Phi) is 2.31. The molecule has 0 unspecified atom stereocenters. The van der Waals surface area contributed by atoms with E-state index in [2.05, 4.69) is 15.9 Å². The average molecular weight is 185 g/mol. The first-order valence-corrected chi connectivity index (χ1v) is 3.47. The highest BCUT2D eigenvalue weighted by atomic mass is 79.9. The molecule has 3 heteroatoms. The number of hydrogen-bond donors (Lipinski definition) is 1. The summed E-state index contributed by atoms with van der Waals surface area (Å²) < 4.78 is 1.01. The third-order valence-corrected chi connectivity index (χ3v) is 1.56. The standard InChI is InChI=1S/C6H6BBrO/c8-6-3-1-2-5(4-6)7-9/h1-4,7,9H. The smallest absolute Gasteiger partial charge is 0.304 e. The highest BCUT2D eigenvalue weighted by Crippen LogP contribution is 2.04. The molecule has 1 aromatic carbocycles. The fraction of sp³-hybridized carbons (Fsp3) is 0. The van der Waals surface area contributed by atoms with Gasteiger partial charge in [-0.15, -0.1) is 0 Å². The van der Waals surface area contributed by atoms with E-state index in [0.29, 0.717) is 0 Å². The SMILES string of the molecule is OBc1cccc(Br)c1. The summed E-state index contributed by atoms with van der Waals surface area (Å²) in [5.74, 6) is 0. The third kappa shape index (κ3) is 1.84. The van der Waals surface area contributed by atoms with E-state index < -0.39 is 0 Å². The Morgan fingerprint density at radius 3 is 2.67 bits per heavy atom. The molecule has 0 amide bonds. The summed E-state index contributed by atoms with van der Waals surface area (Å²) in [4.78, 5) is 0. The second kappa shape index (κ2) is 3.04. The topological polar surface area (TPSA) is 20.2 Å². The van der Waals surface area contributed by atoms with E-state index in [1.807, 2.05) is 24.3 Å². The van der Waals surface area contributed by atoms with Crippen molar-refractivity contribution in [1.29, 1.82) is 0 Å². The zero-order valence-electron chi connectivity index (χ0n) is 4.84. The van der Waals surface area contributed by atoms with E-state index in [-0.39, 0.29) is 7.48 Å². The average Bonchev–Trinajstić information content (AvgIpc) is 1.88. The molecule has 0 bridgehead atoms. The number of rotatable bonds is 1. The van der Waals surface area contributed by atoms with Gasteiger partial charge in [0, 0.05) is 4.47 Å². The van der Waals surface area contributed by atoms with Crippen LogP contribution in [0.25, 0.3) is 0 Å². The van der Waals surface area contributed by atoms with Crippen molar-refractivity contribution in [2.75, 3.05) is 0 Å². The Morgan fingerprint density at radius 2 is 2.22 bits per heavy atom. The lowest BCUT2D eigenvalue weighted by Gasteiger charge is -1.92. The van der Waals surface area contributed by atoms with Crippen molar-refractivity contribution in [3.63, 3.8) is 0 Å². The van der Waals surface area contributed by atoms with Gasteiger partial charge < -0.3 is 5.02 Å². The van der Waals surface area contributed by atoms with Gasteiger partial charge in [0.05, 0.1) is 0 Å². The van der Waals surface area contributed by atoms with E-state index in [1.165, 1.54) is 0 Å². The van der Waals surface area contributed by atoms with Crippen LogP contribution in [0.2, 0.25) is 0 Å². The first-order chi connectivity index (χ1) is 4.33. The summed E-state index contributed by atoms with van der Waals surface area (Å²) in [5, 5.41) is 8.64. The summed E-state index contributed by atoms with van der Waals surface area (Å²) in [5.41, 5.74) is 0.935. The maximum atomic E-state index is 8.64. The highest BCUT2D eigenvalue weighted by Gasteiger charge is 1.90. The van der Waals surface area contributed by atoms with Crippen LogP contribution in [0.15, 0.2) is 28.7 Å². The Morgan fingerprint density at radius 1 is 1.44 bits per heavy atom. The van der Waals surface area contributed by atoms with E-state index in [1.54, 1.807) is 0 Å². The molecule has 0 saturated carbocycles.